The summed E-state index contributed by atoms with van der Waals surface area (Å²) in [6.45, 7) is 5.14. The Labute approximate surface area is 111 Å². The number of hydrogen-bond donors (Lipinski definition) is 1. The molecule has 2 heterocycles. The van der Waals surface area contributed by atoms with Crippen LogP contribution in [0.1, 0.15) is 17.4 Å². The Morgan fingerprint density at radius 2 is 2.32 bits per heavy atom. The van der Waals surface area contributed by atoms with Gasteiger partial charge in [-0.2, -0.15) is 0 Å². The summed E-state index contributed by atoms with van der Waals surface area (Å²) in [4.78, 5) is 13.9. The summed E-state index contributed by atoms with van der Waals surface area (Å²) < 4.78 is 15.4. The molecule has 19 heavy (non-hydrogen) atoms. The standard InChI is InChI=1S/C12H19N3O4/c1-9(8-17-2)13-12(16)10-7-11(19-14-10)15-3-5-18-6-4-15/h7,9H,3-6,8H2,1-2H3,(H,13,16)/t9-/m1/s1. The molecule has 1 atom stereocenters. The van der Waals surface area contributed by atoms with Crippen molar-refractivity contribution in [2.75, 3.05) is 44.9 Å². The van der Waals surface area contributed by atoms with E-state index < -0.39 is 0 Å². The van der Waals surface area contributed by atoms with E-state index >= 15 is 0 Å². The molecule has 0 spiro atoms. The number of carbonyl (C=O) groups excluding carboxylic acids is 1. The van der Waals surface area contributed by atoms with Gasteiger partial charge in [0.15, 0.2) is 5.69 Å². The number of aromatic nitrogens is 1. The van der Waals surface area contributed by atoms with Crippen LogP contribution in [0, 0.1) is 0 Å². The third kappa shape index (κ3) is 3.68. The van der Waals surface area contributed by atoms with Crippen LogP contribution in [0.4, 0.5) is 5.88 Å². The Morgan fingerprint density at radius 3 is 3.00 bits per heavy atom. The minimum atomic E-state index is -0.257. The SMILES string of the molecule is COC[C@@H](C)NC(=O)c1cc(N2CCOCC2)on1. The molecule has 0 bridgehead atoms. The van der Waals surface area contributed by atoms with Crippen molar-refractivity contribution in [3.8, 4) is 0 Å². The van der Waals surface area contributed by atoms with Gasteiger partial charge >= 0.3 is 0 Å². The van der Waals surface area contributed by atoms with Crippen LogP contribution in [0.15, 0.2) is 10.6 Å². The minimum absolute atomic E-state index is 0.0685. The first-order chi connectivity index (χ1) is 9.20. The Hall–Kier alpha value is -1.60. The molecule has 7 heteroatoms. The highest BCUT2D eigenvalue weighted by atomic mass is 16.5. The summed E-state index contributed by atoms with van der Waals surface area (Å²) in [5.74, 6) is 0.348. The summed E-state index contributed by atoms with van der Waals surface area (Å²) in [7, 11) is 1.59. The fourth-order valence-corrected chi connectivity index (χ4v) is 1.89. The molecule has 1 aliphatic heterocycles. The molecular formula is C12H19N3O4. The monoisotopic (exact) mass is 269 g/mol. The number of carbonyl (C=O) groups is 1. The van der Waals surface area contributed by atoms with Crippen molar-refractivity contribution in [1.29, 1.82) is 0 Å². The largest absolute Gasteiger partial charge is 0.383 e. The Morgan fingerprint density at radius 1 is 1.58 bits per heavy atom. The maximum absolute atomic E-state index is 11.9. The van der Waals surface area contributed by atoms with Crippen molar-refractivity contribution in [2.24, 2.45) is 0 Å². The van der Waals surface area contributed by atoms with Gasteiger partial charge in [-0.3, -0.25) is 4.79 Å². The zero-order valence-corrected chi connectivity index (χ0v) is 11.2. The number of morpholine rings is 1. The highest BCUT2D eigenvalue weighted by Gasteiger charge is 2.19. The van der Waals surface area contributed by atoms with Gasteiger partial charge in [-0.25, -0.2) is 0 Å². The predicted octanol–water partition coefficient (Wildman–Crippen LogP) is 0.276. The van der Waals surface area contributed by atoms with Gasteiger partial charge in [0.05, 0.1) is 19.8 Å². The minimum Gasteiger partial charge on any atom is -0.383 e. The molecule has 1 fully saturated rings. The van der Waals surface area contributed by atoms with Crippen LogP contribution in [0.5, 0.6) is 0 Å². The number of nitrogens with one attached hydrogen (secondary N) is 1. The molecule has 0 unspecified atom stereocenters. The summed E-state index contributed by atoms with van der Waals surface area (Å²) >= 11 is 0. The smallest absolute Gasteiger partial charge is 0.273 e. The van der Waals surface area contributed by atoms with E-state index in [1.54, 1.807) is 13.2 Å². The van der Waals surface area contributed by atoms with Crippen molar-refractivity contribution in [2.45, 2.75) is 13.0 Å². The van der Waals surface area contributed by atoms with E-state index in [-0.39, 0.29) is 17.6 Å². The molecule has 0 saturated carbocycles. The third-order valence-corrected chi connectivity index (χ3v) is 2.85. The van der Waals surface area contributed by atoms with Crippen LogP contribution < -0.4 is 10.2 Å². The Kier molecular flexibility index (Phi) is 4.75. The fraction of sp³-hybridized carbons (Fsp3) is 0.667. The number of methoxy groups -OCH3 is 1. The topological polar surface area (TPSA) is 76.8 Å². The van der Waals surface area contributed by atoms with Crippen LogP contribution in [-0.4, -0.2) is 57.1 Å². The van der Waals surface area contributed by atoms with E-state index in [9.17, 15) is 4.79 Å². The second kappa shape index (κ2) is 6.53. The lowest BCUT2D eigenvalue weighted by atomic mass is 10.3. The van der Waals surface area contributed by atoms with E-state index in [2.05, 4.69) is 10.5 Å². The van der Waals surface area contributed by atoms with Gasteiger partial charge in [-0.1, -0.05) is 5.16 Å². The number of nitrogens with zero attached hydrogens (tertiary/aromatic N) is 2. The summed E-state index contributed by atoms with van der Waals surface area (Å²) in [5, 5.41) is 6.58. The van der Waals surface area contributed by atoms with Crippen molar-refractivity contribution in [1.82, 2.24) is 10.5 Å². The van der Waals surface area contributed by atoms with Crippen LogP contribution in [0.2, 0.25) is 0 Å². The first kappa shape index (κ1) is 13.8. The number of hydrogen-bond acceptors (Lipinski definition) is 6. The molecule has 2 rings (SSSR count). The van der Waals surface area contributed by atoms with Gasteiger partial charge in [0.2, 0.25) is 5.88 Å². The zero-order valence-electron chi connectivity index (χ0n) is 11.2. The first-order valence-corrected chi connectivity index (χ1v) is 6.30. The van der Waals surface area contributed by atoms with Crippen LogP contribution >= 0.6 is 0 Å². The highest BCUT2D eigenvalue weighted by Crippen LogP contribution is 2.17. The number of rotatable bonds is 5. The lowest BCUT2D eigenvalue weighted by Crippen LogP contribution is -2.36. The van der Waals surface area contributed by atoms with Crippen LogP contribution in [0.3, 0.4) is 0 Å². The molecule has 1 aliphatic rings. The number of amides is 1. The number of ether oxygens (including phenoxy) is 2. The highest BCUT2D eigenvalue weighted by molar-refractivity contribution is 5.93. The molecule has 1 aromatic rings. The summed E-state index contributed by atoms with van der Waals surface area (Å²) in [6.07, 6.45) is 0. The average Bonchev–Trinajstić information content (AvgIpc) is 2.89. The van der Waals surface area contributed by atoms with Gasteiger partial charge in [0.25, 0.3) is 5.91 Å². The van der Waals surface area contributed by atoms with Crippen LogP contribution in [0.25, 0.3) is 0 Å². The lowest BCUT2D eigenvalue weighted by molar-refractivity contribution is 0.0896. The van der Waals surface area contributed by atoms with Gasteiger partial charge in [0.1, 0.15) is 0 Å². The third-order valence-electron chi connectivity index (χ3n) is 2.85. The maximum atomic E-state index is 11.9. The second-order valence-corrected chi connectivity index (χ2v) is 4.48. The second-order valence-electron chi connectivity index (χ2n) is 4.48. The lowest BCUT2D eigenvalue weighted by Gasteiger charge is -2.25. The fourth-order valence-electron chi connectivity index (χ4n) is 1.89. The number of anilines is 1. The average molecular weight is 269 g/mol. The maximum Gasteiger partial charge on any atom is 0.273 e. The molecule has 0 aromatic carbocycles. The van der Waals surface area contributed by atoms with E-state index in [0.29, 0.717) is 25.7 Å². The molecular weight excluding hydrogens is 250 g/mol. The quantitative estimate of drug-likeness (QED) is 0.827. The molecule has 106 valence electrons. The molecule has 7 nitrogen and oxygen atoms in total. The Bertz CT molecular complexity index is 415. The van der Waals surface area contributed by atoms with E-state index in [4.69, 9.17) is 14.0 Å². The van der Waals surface area contributed by atoms with E-state index in [1.807, 2.05) is 11.8 Å². The van der Waals surface area contributed by atoms with Crippen molar-refractivity contribution >= 4 is 11.8 Å². The molecule has 1 amide bonds. The Balaban J connectivity index is 1.94. The van der Waals surface area contributed by atoms with Crippen molar-refractivity contribution in [3.05, 3.63) is 11.8 Å². The summed E-state index contributed by atoms with van der Waals surface area (Å²) in [5.41, 5.74) is 0.282. The van der Waals surface area contributed by atoms with Gasteiger partial charge < -0.3 is 24.2 Å². The molecule has 1 aromatic heterocycles. The zero-order chi connectivity index (χ0) is 13.7. The van der Waals surface area contributed by atoms with E-state index in [1.165, 1.54) is 0 Å². The van der Waals surface area contributed by atoms with Crippen molar-refractivity contribution < 1.29 is 18.8 Å². The molecule has 0 aliphatic carbocycles. The van der Waals surface area contributed by atoms with Gasteiger partial charge in [0, 0.05) is 32.3 Å². The van der Waals surface area contributed by atoms with Gasteiger partial charge in [-0.05, 0) is 6.92 Å². The van der Waals surface area contributed by atoms with Crippen molar-refractivity contribution in [3.63, 3.8) is 0 Å². The molecule has 0 radical (unpaired) electrons. The summed E-state index contributed by atoms with van der Waals surface area (Å²) in [6, 6.07) is 1.58. The molecule has 1 N–H and O–H groups in total. The predicted molar refractivity (Wildman–Crippen MR) is 68.3 cm³/mol. The normalized spacial score (nSPS) is 17.3. The molecule has 1 saturated heterocycles. The first-order valence-electron chi connectivity index (χ1n) is 6.30. The van der Waals surface area contributed by atoms with E-state index in [0.717, 1.165) is 13.1 Å². The van der Waals surface area contributed by atoms with Gasteiger partial charge in [-0.15, -0.1) is 0 Å². The van der Waals surface area contributed by atoms with Crippen LogP contribution in [-0.2, 0) is 9.47 Å².